The minimum Gasteiger partial charge on any atom is -0.469 e. The van der Waals surface area contributed by atoms with Gasteiger partial charge >= 0.3 is 5.97 Å². The van der Waals surface area contributed by atoms with Crippen molar-refractivity contribution in [2.45, 2.75) is 39.2 Å². The zero-order valence-electron chi connectivity index (χ0n) is 13.3. The van der Waals surface area contributed by atoms with Crippen LogP contribution in [0.4, 0.5) is 5.69 Å². The van der Waals surface area contributed by atoms with Crippen LogP contribution in [0.3, 0.4) is 0 Å². The Bertz CT molecular complexity index is 623. The largest absolute Gasteiger partial charge is 0.469 e. The topological polar surface area (TPSA) is 72.5 Å². The Morgan fingerprint density at radius 1 is 1.32 bits per heavy atom. The summed E-state index contributed by atoms with van der Waals surface area (Å²) in [7, 11) is 1.30. The molecule has 1 N–H and O–H groups in total. The summed E-state index contributed by atoms with van der Waals surface area (Å²) >= 11 is 0. The summed E-state index contributed by atoms with van der Waals surface area (Å²) in [5, 5.41) is 3.14. The summed E-state index contributed by atoms with van der Waals surface area (Å²) < 4.78 is 4.59. The van der Waals surface area contributed by atoms with Gasteiger partial charge in [0.15, 0.2) is 11.6 Å². The summed E-state index contributed by atoms with van der Waals surface area (Å²) in [6.45, 7) is 5.39. The van der Waals surface area contributed by atoms with Crippen molar-refractivity contribution in [2.75, 3.05) is 12.4 Å². The fraction of sp³-hybridized carbons (Fsp3) is 0.471. The summed E-state index contributed by atoms with van der Waals surface area (Å²) in [5.74, 6) is -1.11. The summed E-state index contributed by atoms with van der Waals surface area (Å²) in [6, 6.07) is 5.10. The number of hydrogen-bond acceptors (Lipinski definition) is 5. The van der Waals surface area contributed by atoms with Crippen molar-refractivity contribution in [3.05, 3.63) is 29.3 Å². The molecule has 5 heteroatoms. The second-order valence-corrected chi connectivity index (χ2v) is 5.84. The molecule has 3 atom stereocenters. The lowest BCUT2D eigenvalue weighted by Crippen LogP contribution is -2.35. The maximum atomic E-state index is 12.4. The van der Waals surface area contributed by atoms with E-state index in [2.05, 4.69) is 10.1 Å². The van der Waals surface area contributed by atoms with Crippen LogP contribution < -0.4 is 5.32 Å². The number of ketones is 2. The molecule has 0 spiro atoms. The summed E-state index contributed by atoms with van der Waals surface area (Å²) in [6.07, 6.45) is 0.0518. The molecule has 0 fully saturated rings. The maximum Gasteiger partial charge on any atom is 0.306 e. The highest BCUT2D eigenvalue weighted by atomic mass is 16.5. The molecule has 0 saturated carbocycles. The number of carbonyl (C=O) groups is 3. The van der Waals surface area contributed by atoms with Crippen LogP contribution in [0, 0.1) is 5.92 Å². The first-order valence-corrected chi connectivity index (χ1v) is 7.40. The average molecular weight is 303 g/mol. The number of hydrogen-bond donors (Lipinski definition) is 1. The smallest absolute Gasteiger partial charge is 0.306 e. The van der Waals surface area contributed by atoms with E-state index in [-0.39, 0.29) is 29.9 Å². The lowest BCUT2D eigenvalue weighted by Gasteiger charge is -2.28. The van der Waals surface area contributed by atoms with Crippen LogP contribution >= 0.6 is 0 Å². The molecule has 118 valence electrons. The van der Waals surface area contributed by atoms with E-state index in [0.717, 1.165) is 11.3 Å². The first kappa shape index (κ1) is 16.2. The predicted molar refractivity (Wildman–Crippen MR) is 83.1 cm³/mol. The minimum atomic E-state index is -0.452. The number of anilines is 1. The Morgan fingerprint density at radius 2 is 2.00 bits per heavy atom. The molecule has 1 aliphatic rings. The standard InChI is InChI=1S/C17H21NO4/c1-9(7-15(19)22-4)16(20)12-5-6-14-13(8-12)10(2)17(21)11(3)18-14/h5-6,8-11,18H,7H2,1-4H3. The molecule has 0 amide bonds. The van der Waals surface area contributed by atoms with Gasteiger partial charge in [0.05, 0.1) is 19.6 Å². The third-order valence-corrected chi connectivity index (χ3v) is 4.18. The SMILES string of the molecule is COC(=O)CC(C)C(=O)c1ccc2c(c1)C(C)C(=O)C(C)N2. The van der Waals surface area contributed by atoms with Crippen molar-refractivity contribution in [1.82, 2.24) is 0 Å². The lowest BCUT2D eigenvalue weighted by molar-refractivity contribution is -0.141. The van der Waals surface area contributed by atoms with E-state index in [1.807, 2.05) is 19.9 Å². The molecular formula is C17H21NO4. The van der Waals surface area contributed by atoms with Crippen molar-refractivity contribution in [1.29, 1.82) is 0 Å². The molecular weight excluding hydrogens is 282 g/mol. The number of ether oxygens (including phenoxy) is 1. The maximum absolute atomic E-state index is 12.4. The van der Waals surface area contributed by atoms with Gasteiger partial charge in [-0.2, -0.15) is 0 Å². The second-order valence-electron chi connectivity index (χ2n) is 5.84. The van der Waals surface area contributed by atoms with E-state index in [1.54, 1.807) is 19.1 Å². The van der Waals surface area contributed by atoms with Gasteiger partial charge in [-0.3, -0.25) is 14.4 Å². The van der Waals surface area contributed by atoms with Crippen molar-refractivity contribution < 1.29 is 19.1 Å². The van der Waals surface area contributed by atoms with Gasteiger partial charge in [-0.1, -0.05) is 13.8 Å². The van der Waals surface area contributed by atoms with Crippen molar-refractivity contribution in [2.24, 2.45) is 5.92 Å². The molecule has 0 saturated heterocycles. The number of carbonyl (C=O) groups excluding carboxylic acids is 3. The normalized spacial score (nSPS) is 21.5. The van der Waals surface area contributed by atoms with Gasteiger partial charge in [-0.15, -0.1) is 0 Å². The molecule has 0 aliphatic carbocycles. The number of methoxy groups -OCH3 is 1. The number of esters is 1. The van der Waals surface area contributed by atoms with Crippen LogP contribution in [0.5, 0.6) is 0 Å². The third kappa shape index (κ3) is 3.03. The third-order valence-electron chi connectivity index (χ3n) is 4.18. The first-order valence-electron chi connectivity index (χ1n) is 7.40. The molecule has 1 aromatic rings. The van der Waals surface area contributed by atoms with E-state index in [0.29, 0.717) is 5.56 Å². The van der Waals surface area contributed by atoms with E-state index < -0.39 is 11.9 Å². The van der Waals surface area contributed by atoms with Crippen molar-refractivity contribution in [3.8, 4) is 0 Å². The molecule has 0 aromatic heterocycles. The van der Waals surface area contributed by atoms with Gasteiger partial charge in [0.25, 0.3) is 0 Å². The Kier molecular flexibility index (Phi) is 4.64. The highest BCUT2D eigenvalue weighted by Gasteiger charge is 2.30. The van der Waals surface area contributed by atoms with Crippen molar-refractivity contribution >= 4 is 23.2 Å². The number of Topliss-reactive ketones (excluding diaryl/α,β-unsaturated/α-hetero) is 2. The van der Waals surface area contributed by atoms with E-state index in [4.69, 9.17) is 0 Å². The molecule has 1 aliphatic heterocycles. The number of fused-ring (bicyclic) bond motifs is 1. The molecule has 3 unspecified atom stereocenters. The number of nitrogens with one attached hydrogen (secondary N) is 1. The highest BCUT2D eigenvalue weighted by molar-refractivity contribution is 6.01. The van der Waals surface area contributed by atoms with E-state index in [9.17, 15) is 14.4 Å². The van der Waals surface area contributed by atoms with Gasteiger partial charge in [-0.25, -0.2) is 0 Å². The summed E-state index contributed by atoms with van der Waals surface area (Å²) in [4.78, 5) is 35.8. The van der Waals surface area contributed by atoms with Crippen molar-refractivity contribution in [3.63, 3.8) is 0 Å². The van der Waals surface area contributed by atoms with Crippen LogP contribution in [-0.2, 0) is 14.3 Å². The Balaban J connectivity index is 2.26. The second kappa shape index (κ2) is 6.30. The fourth-order valence-corrected chi connectivity index (χ4v) is 2.75. The van der Waals surface area contributed by atoms with Gasteiger partial charge in [0, 0.05) is 23.1 Å². The van der Waals surface area contributed by atoms with Gasteiger partial charge in [0.1, 0.15) is 0 Å². The van der Waals surface area contributed by atoms with Crippen LogP contribution in [-0.4, -0.2) is 30.7 Å². The number of rotatable bonds is 4. The minimum absolute atomic E-state index is 0.0518. The Labute approximate surface area is 130 Å². The molecule has 22 heavy (non-hydrogen) atoms. The van der Waals surface area contributed by atoms with Gasteiger partial charge < -0.3 is 10.1 Å². The zero-order valence-corrected chi connectivity index (χ0v) is 13.3. The molecule has 0 radical (unpaired) electrons. The highest BCUT2D eigenvalue weighted by Crippen LogP contribution is 2.33. The monoisotopic (exact) mass is 303 g/mol. The fourth-order valence-electron chi connectivity index (χ4n) is 2.75. The number of benzene rings is 1. The van der Waals surface area contributed by atoms with Crippen LogP contribution in [0.15, 0.2) is 18.2 Å². The van der Waals surface area contributed by atoms with E-state index in [1.165, 1.54) is 7.11 Å². The Morgan fingerprint density at radius 3 is 2.64 bits per heavy atom. The lowest BCUT2D eigenvalue weighted by atomic mass is 9.85. The van der Waals surface area contributed by atoms with Crippen LogP contribution in [0.1, 0.15) is 49.0 Å². The average Bonchev–Trinajstić information content (AvgIpc) is 2.51. The molecule has 1 heterocycles. The molecule has 5 nitrogen and oxygen atoms in total. The van der Waals surface area contributed by atoms with Gasteiger partial charge in [0.2, 0.25) is 0 Å². The molecule has 1 aromatic carbocycles. The van der Waals surface area contributed by atoms with E-state index >= 15 is 0 Å². The van der Waals surface area contributed by atoms with Crippen LogP contribution in [0.25, 0.3) is 0 Å². The quantitative estimate of drug-likeness (QED) is 0.683. The molecule has 0 bridgehead atoms. The van der Waals surface area contributed by atoms with Gasteiger partial charge in [-0.05, 0) is 30.7 Å². The Hall–Kier alpha value is -2.17. The summed E-state index contributed by atoms with van der Waals surface area (Å²) in [5.41, 5.74) is 2.24. The van der Waals surface area contributed by atoms with Crippen LogP contribution in [0.2, 0.25) is 0 Å². The first-order chi connectivity index (χ1) is 10.3. The predicted octanol–water partition coefficient (Wildman–Crippen LogP) is 2.56. The zero-order chi connectivity index (χ0) is 16.4. The molecule has 2 rings (SSSR count).